The van der Waals surface area contributed by atoms with Crippen LogP contribution in [0.5, 0.6) is 5.75 Å². The molecule has 26 heavy (non-hydrogen) atoms. The molecule has 144 valence electrons. The van der Waals surface area contributed by atoms with E-state index in [1.807, 2.05) is 6.07 Å². The maximum Gasteiger partial charge on any atom is 0.414 e. The second kappa shape index (κ2) is 9.98. The summed E-state index contributed by atoms with van der Waals surface area (Å²) in [5.74, 6) is -2.66. The molecule has 0 spiro atoms. The Balaban J connectivity index is 0.000000352. The highest BCUT2D eigenvalue weighted by atomic mass is 16.5. The van der Waals surface area contributed by atoms with Gasteiger partial charge in [0.15, 0.2) is 0 Å². The van der Waals surface area contributed by atoms with Crippen molar-refractivity contribution in [2.75, 3.05) is 51.3 Å². The Labute approximate surface area is 153 Å². The van der Waals surface area contributed by atoms with Crippen LogP contribution in [0.3, 0.4) is 0 Å². The van der Waals surface area contributed by atoms with Crippen LogP contribution in [-0.2, 0) is 9.59 Å². The number of nitrogens with zero attached hydrogens (tertiary/aromatic N) is 2. The summed E-state index contributed by atoms with van der Waals surface area (Å²) in [6, 6.07) is 9.13. The average Bonchev–Trinajstić information content (AvgIpc) is 2.69. The third-order valence-electron chi connectivity index (χ3n) is 4.75. The standard InChI is InChI=1S/C16H25N3O.C2H2O4/c1-20-16-5-3-2-4-15(16)19-12-10-18(11-13-19)14-6-8-17-9-7-14;3-1(4)2(5)6/h2-5,14,17H,6-13H2,1H3;(H,3,4)(H,5,6). The summed E-state index contributed by atoms with van der Waals surface area (Å²) in [4.78, 5) is 23.3. The van der Waals surface area contributed by atoms with E-state index in [4.69, 9.17) is 24.5 Å². The second-order valence-corrected chi connectivity index (χ2v) is 6.29. The highest BCUT2D eigenvalue weighted by Gasteiger charge is 2.25. The van der Waals surface area contributed by atoms with Crippen LogP contribution in [0, 0.1) is 0 Å². The molecule has 0 saturated carbocycles. The van der Waals surface area contributed by atoms with E-state index in [-0.39, 0.29) is 0 Å². The van der Waals surface area contributed by atoms with Gasteiger partial charge in [-0.2, -0.15) is 0 Å². The summed E-state index contributed by atoms with van der Waals surface area (Å²) in [6.07, 6.45) is 2.60. The molecule has 8 heteroatoms. The predicted molar refractivity (Wildman–Crippen MR) is 97.9 cm³/mol. The molecule has 1 aromatic rings. The summed E-state index contributed by atoms with van der Waals surface area (Å²) in [6.45, 7) is 6.90. The van der Waals surface area contributed by atoms with Gasteiger partial charge >= 0.3 is 11.9 Å². The number of para-hydroxylation sites is 2. The molecular formula is C18H27N3O5. The molecule has 0 unspecified atom stereocenters. The van der Waals surface area contributed by atoms with Crippen molar-refractivity contribution >= 4 is 17.6 Å². The zero-order chi connectivity index (χ0) is 18.9. The third kappa shape index (κ3) is 5.60. The summed E-state index contributed by atoms with van der Waals surface area (Å²) < 4.78 is 5.48. The highest BCUT2D eigenvalue weighted by Crippen LogP contribution is 2.28. The minimum atomic E-state index is -1.82. The van der Waals surface area contributed by atoms with Gasteiger partial charge in [0.2, 0.25) is 0 Å². The first kappa shape index (κ1) is 20.0. The van der Waals surface area contributed by atoms with Crippen molar-refractivity contribution in [3.63, 3.8) is 0 Å². The fraction of sp³-hybridized carbons (Fsp3) is 0.556. The molecule has 2 saturated heterocycles. The van der Waals surface area contributed by atoms with Crippen LogP contribution >= 0.6 is 0 Å². The molecule has 2 aliphatic rings. The van der Waals surface area contributed by atoms with Gasteiger partial charge < -0.3 is 25.2 Å². The maximum atomic E-state index is 9.10. The van der Waals surface area contributed by atoms with Gasteiger partial charge in [0.1, 0.15) is 5.75 Å². The van der Waals surface area contributed by atoms with Crippen LogP contribution < -0.4 is 15.0 Å². The lowest BCUT2D eigenvalue weighted by Crippen LogP contribution is -2.52. The van der Waals surface area contributed by atoms with E-state index < -0.39 is 11.9 Å². The molecule has 3 N–H and O–H groups in total. The van der Waals surface area contributed by atoms with Crippen molar-refractivity contribution in [1.29, 1.82) is 0 Å². The van der Waals surface area contributed by atoms with Crippen LogP contribution in [0.2, 0.25) is 0 Å². The van der Waals surface area contributed by atoms with Gasteiger partial charge in [-0.1, -0.05) is 12.1 Å². The Bertz CT molecular complexity index is 584. The number of aliphatic carboxylic acids is 2. The van der Waals surface area contributed by atoms with E-state index in [2.05, 4.69) is 33.3 Å². The molecule has 0 radical (unpaired) electrons. The molecule has 0 aromatic heterocycles. The third-order valence-corrected chi connectivity index (χ3v) is 4.75. The number of carboxylic acid groups (broad SMARTS) is 2. The van der Waals surface area contributed by atoms with E-state index in [9.17, 15) is 0 Å². The molecule has 2 fully saturated rings. The van der Waals surface area contributed by atoms with Crippen LogP contribution in [0.25, 0.3) is 0 Å². The summed E-state index contributed by atoms with van der Waals surface area (Å²) >= 11 is 0. The number of piperidine rings is 1. The number of methoxy groups -OCH3 is 1. The quantitative estimate of drug-likeness (QED) is 0.674. The molecule has 2 aliphatic heterocycles. The van der Waals surface area contributed by atoms with Crippen molar-refractivity contribution in [3.8, 4) is 5.75 Å². The van der Waals surface area contributed by atoms with Crippen molar-refractivity contribution in [1.82, 2.24) is 10.2 Å². The van der Waals surface area contributed by atoms with Crippen molar-refractivity contribution in [2.45, 2.75) is 18.9 Å². The number of hydrogen-bond donors (Lipinski definition) is 3. The average molecular weight is 365 g/mol. The van der Waals surface area contributed by atoms with Crippen molar-refractivity contribution < 1.29 is 24.5 Å². The van der Waals surface area contributed by atoms with Gasteiger partial charge in [-0.3, -0.25) is 4.90 Å². The predicted octanol–water partition coefficient (Wildman–Crippen LogP) is 0.725. The second-order valence-electron chi connectivity index (χ2n) is 6.29. The fourth-order valence-electron chi connectivity index (χ4n) is 3.39. The zero-order valence-electron chi connectivity index (χ0n) is 15.1. The number of piperazine rings is 1. The minimum absolute atomic E-state index is 0.788. The van der Waals surface area contributed by atoms with E-state index >= 15 is 0 Å². The Morgan fingerprint density at radius 1 is 1.04 bits per heavy atom. The fourth-order valence-corrected chi connectivity index (χ4v) is 3.39. The van der Waals surface area contributed by atoms with Gasteiger partial charge in [-0.05, 0) is 38.1 Å². The number of anilines is 1. The van der Waals surface area contributed by atoms with E-state index in [0.29, 0.717) is 0 Å². The van der Waals surface area contributed by atoms with Crippen LogP contribution in [-0.4, -0.2) is 79.5 Å². The van der Waals surface area contributed by atoms with E-state index in [0.717, 1.165) is 24.9 Å². The first-order valence-electron chi connectivity index (χ1n) is 8.82. The van der Waals surface area contributed by atoms with E-state index in [1.165, 1.54) is 44.7 Å². The minimum Gasteiger partial charge on any atom is -0.495 e. The molecule has 2 heterocycles. The number of nitrogens with one attached hydrogen (secondary N) is 1. The molecular weight excluding hydrogens is 338 g/mol. The summed E-state index contributed by atoms with van der Waals surface area (Å²) in [7, 11) is 1.75. The van der Waals surface area contributed by atoms with Gasteiger partial charge in [-0.15, -0.1) is 0 Å². The first-order chi connectivity index (χ1) is 12.5. The molecule has 0 atom stereocenters. The van der Waals surface area contributed by atoms with Gasteiger partial charge in [0.25, 0.3) is 0 Å². The summed E-state index contributed by atoms with van der Waals surface area (Å²) in [5.41, 5.74) is 1.24. The lowest BCUT2D eigenvalue weighted by atomic mass is 10.0. The van der Waals surface area contributed by atoms with Crippen molar-refractivity contribution in [3.05, 3.63) is 24.3 Å². The maximum absolute atomic E-state index is 9.10. The number of rotatable bonds is 3. The Morgan fingerprint density at radius 3 is 2.15 bits per heavy atom. The highest BCUT2D eigenvalue weighted by molar-refractivity contribution is 6.27. The van der Waals surface area contributed by atoms with Gasteiger partial charge in [0, 0.05) is 32.2 Å². The van der Waals surface area contributed by atoms with Crippen LogP contribution in [0.1, 0.15) is 12.8 Å². The molecule has 0 aliphatic carbocycles. The van der Waals surface area contributed by atoms with Crippen LogP contribution in [0.4, 0.5) is 5.69 Å². The Morgan fingerprint density at radius 2 is 1.62 bits per heavy atom. The number of carbonyl (C=O) groups is 2. The van der Waals surface area contributed by atoms with Crippen LogP contribution in [0.15, 0.2) is 24.3 Å². The lowest BCUT2D eigenvalue weighted by Gasteiger charge is -2.41. The summed E-state index contributed by atoms with van der Waals surface area (Å²) in [5, 5.41) is 18.2. The van der Waals surface area contributed by atoms with Gasteiger partial charge in [0.05, 0.1) is 12.8 Å². The van der Waals surface area contributed by atoms with E-state index in [1.54, 1.807) is 7.11 Å². The van der Waals surface area contributed by atoms with Crippen molar-refractivity contribution in [2.24, 2.45) is 0 Å². The Hall–Kier alpha value is -2.32. The topological polar surface area (TPSA) is 102 Å². The van der Waals surface area contributed by atoms with Gasteiger partial charge in [-0.25, -0.2) is 9.59 Å². The molecule has 0 amide bonds. The number of benzene rings is 1. The Kier molecular flexibility index (Phi) is 7.68. The smallest absolute Gasteiger partial charge is 0.414 e. The zero-order valence-corrected chi connectivity index (χ0v) is 15.1. The molecule has 8 nitrogen and oxygen atoms in total. The lowest BCUT2D eigenvalue weighted by molar-refractivity contribution is -0.159. The number of ether oxygens (including phenoxy) is 1. The first-order valence-corrected chi connectivity index (χ1v) is 8.82. The molecule has 1 aromatic carbocycles. The monoisotopic (exact) mass is 365 g/mol. The number of carboxylic acids is 2. The molecule has 0 bridgehead atoms. The molecule has 3 rings (SSSR count). The SMILES string of the molecule is COc1ccccc1N1CCN(C2CCNCC2)CC1.O=C(O)C(=O)O. The largest absolute Gasteiger partial charge is 0.495 e. The normalized spacial score (nSPS) is 18.6. The number of hydrogen-bond acceptors (Lipinski definition) is 6.